The lowest BCUT2D eigenvalue weighted by Crippen LogP contribution is -2.39. The summed E-state index contributed by atoms with van der Waals surface area (Å²) in [6, 6.07) is 17.4. The fourth-order valence-corrected chi connectivity index (χ4v) is 2.88. The predicted molar refractivity (Wildman–Crippen MR) is 110 cm³/mol. The number of ether oxygens (including phenoxy) is 2. The third kappa shape index (κ3) is 7.83. The Morgan fingerprint density at radius 3 is 2.14 bits per heavy atom. The van der Waals surface area contributed by atoms with E-state index in [1.54, 1.807) is 0 Å². The number of piperidine rings is 1. The van der Waals surface area contributed by atoms with Crippen molar-refractivity contribution in [3.8, 4) is 5.75 Å². The summed E-state index contributed by atoms with van der Waals surface area (Å²) < 4.78 is 23.4. The molecule has 0 radical (unpaired) electrons. The molecule has 0 unspecified atom stereocenters. The molecule has 3 rings (SSSR count). The predicted octanol–water partition coefficient (Wildman–Crippen LogP) is 4.39. The molecule has 0 aromatic heterocycles. The van der Waals surface area contributed by atoms with Crippen molar-refractivity contribution >= 4 is 6.47 Å². The van der Waals surface area contributed by atoms with Crippen molar-refractivity contribution in [3.05, 3.63) is 65.7 Å². The third-order valence-electron chi connectivity index (χ3n) is 4.58. The maximum atomic E-state index is 13.1. The summed E-state index contributed by atoms with van der Waals surface area (Å²) in [5.41, 5.74) is 0.690. The van der Waals surface area contributed by atoms with Crippen molar-refractivity contribution in [3.63, 3.8) is 0 Å². The number of rotatable bonds is 5. The molecule has 0 saturated carbocycles. The highest BCUT2D eigenvalue weighted by atomic mass is 19.2. The maximum absolute atomic E-state index is 13.1. The van der Waals surface area contributed by atoms with E-state index in [-0.39, 0.29) is 18.7 Å². The fraction of sp³-hybridized carbons (Fsp3) is 0.435. The molecule has 1 saturated heterocycles. The zero-order chi connectivity index (χ0) is 21.3. The van der Waals surface area contributed by atoms with Crippen molar-refractivity contribution in [1.29, 1.82) is 0 Å². The molecule has 6 heteroatoms. The first-order valence-electron chi connectivity index (χ1n) is 9.74. The van der Waals surface area contributed by atoms with Crippen LogP contribution in [0, 0.1) is 0 Å². The number of benzene rings is 2. The minimum atomic E-state index is -0.930. The lowest BCUT2D eigenvalue weighted by Gasteiger charge is -2.34. The first-order chi connectivity index (χ1) is 13.7. The Morgan fingerprint density at radius 1 is 1.07 bits per heavy atom. The van der Waals surface area contributed by atoms with Gasteiger partial charge >= 0.3 is 0 Å². The average molecular weight is 403 g/mol. The summed E-state index contributed by atoms with van der Waals surface area (Å²) in [7, 11) is 0. The summed E-state index contributed by atoms with van der Waals surface area (Å²) in [5.74, 6) is 0.763. The van der Waals surface area contributed by atoms with Crippen LogP contribution >= 0.6 is 0 Å². The van der Waals surface area contributed by atoms with Crippen molar-refractivity contribution in [2.75, 3.05) is 13.1 Å². The molecule has 1 aliphatic rings. The smallest absolute Gasteiger partial charge is 0.293 e. The Morgan fingerprint density at radius 2 is 1.66 bits per heavy atom. The van der Waals surface area contributed by atoms with E-state index in [1.165, 1.54) is 0 Å². The first kappa shape index (κ1) is 22.8. The molecule has 158 valence electrons. The molecule has 0 spiro atoms. The van der Waals surface area contributed by atoms with E-state index in [2.05, 4.69) is 4.74 Å². The Hall–Kier alpha value is -2.44. The number of hydrogen-bond acceptors (Lipinski definition) is 5. The highest BCUT2D eigenvalue weighted by Crippen LogP contribution is 2.33. The van der Waals surface area contributed by atoms with Gasteiger partial charge in [-0.15, -0.1) is 9.60 Å². The van der Waals surface area contributed by atoms with Crippen LogP contribution in [0.2, 0.25) is 0 Å². The second kappa shape index (κ2) is 10.4. The van der Waals surface area contributed by atoms with Crippen LogP contribution in [0.15, 0.2) is 54.6 Å². The molecule has 0 aliphatic carbocycles. The molecule has 2 aromatic carbocycles. The van der Waals surface area contributed by atoms with Crippen molar-refractivity contribution in [2.45, 2.75) is 51.4 Å². The van der Waals surface area contributed by atoms with E-state index >= 15 is 0 Å². The van der Waals surface area contributed by atoms with Crippen LogP contribution in [-0.2, 0) is 21.7 Å². The van der Waals surface area contributed by atoms with Crippen LogP contribution in [0.3, 0.4) is 0 Å². The van der Waals surface area contributed by atoms with E-state index < -0.39 is 5.60 Å². The van der Waals surface area contributed by atoms with Crippen LogP contribution in [0.25, 0.3) is 0 Å². The molecule has 5 nitrogen and oxygen atoms in total. The Bertz CT molecular complexity index is 736. The molecule has 1 heterocycles. The maximum Gasteiger partial charge on any atom is 0.293 e. The van der Waals surface area contributed by atoms with Gasteiger partial charge in [0.15, 0.2) is 0 Å². The van der Waals surface area contributed by atoms with Gasteiger partial charge < -0.3 is 14.6 Å². The average Bonchev–Trinajstić information content (AvgIpc) is 2.70. The van der Waals surface area contributed by atoms with Gasteiger partial charge in [0.25, 0.3) is 6.47 Å². The molecule has 1 N–H and O–H groups in total. The van der Waals surface area contributed by atoms with Gasteiger partial charge in [-0.1, -0.05) is 42.5 Å². The standard InChI is InChI=1S/C18H20FNO2.C5H10O2/c19-20-12-10-18(21,11-13-20)16-6-8-17(9-7-16)22-14-15-4-2-1-3-5-15;1-5(2,3)7-4-6/h1-9,21H,10-14H2;4H,1-3H3. The number of carbonyl (C=O) groups excluding carboxylic acids is 1. The molecule has 0 atom stereocenters. The lowest BCUT2D eigenvalue weighted by molar-refractivity contribution is -0.138. The topological polar surface area (TPSA) is 59.0 Å². The largest absolute Gasteiger partial charge is 0.489 e. The summed E-state index contributed by atoms with van der Waals surface area (Å²) in [4.78, 5) is 9.60. The van der Waals surface area contributed by atoms with E-state index in [9.17, 15) is 14.4 Å². The molecular formula is C23H30FNO4. The number of nitrogens with zero attached hydrogens (tertiary/aromatic N) is 1. The van der Waals surface area contributed by atoms with Gasteiger partial charge in [-0.2, -0.15) is 0 Å². The van der Waals surface area contributed by atoms with Crippen LogP contribution < -0.4 is 4.74 Å². The van der Waals surface area contributed by atoms with Crippen LogP contribution in [-0.4, -0.2) is 35.4 Å². The van der Waals surface area contributed by atoms with Gasteiger partial charge in [0.2, 0.25) is 0 Å². The third-order valence-corrected chi connectivity index (χ3v) is 4.58. The van der Waals surface area contributed by atoms with E-state index in [4.69, 9.17) is 4.74 Å². The van der Waals surface area contributed by atoms with Gasteiger partial charge in [-0.05, 0) is 56.9 Å². The fourth-order valence-electron chi connectivity index (χ4n) is 2.88. The van der Waals surface area contributed by atoms with Gasteiger partial charge in [-0.25, -0.2) is 0 Å². The summed E-state index contributed by atoms with van der Waals surface area (Å²) in [5, 5.41) is 11.4. The lowest BCUT2D eigenvalue weighted by atomic mass is 9.85. The zero-order valence-corrected chi connectivity index (χ0v) is 17.3. The van der Waals surface area contributed by atoms with E-state index in [0.717, 1.165) is 22.0 Å². The Kier molecular flexibility index (Phi) is 8.17. The van der Waals surface area contributed by atoms with Gasteiger partial charge in [0.1, 0.15) is 18.0 Å². The van der Waals surface area contributed by atoms with Gasteiger partial charge in [-0.3, -0.25) is 4.79 Å². The van der Waals surface area contributed by atoms with Crippen LogP contribution in [0.1, 0.15) is 44.7 Å². The van der Waals surface area contributed by atoms with Gasteiger partial charge in [0.05, 0.1) is 5.60 Å². The molecule has 1 fully saturated rings. The minimum absolute atomic E-state index is 0.267. The SMILES string of the molecule is CC(C)(C)OC=O.OC1(c2ccc(OCc3ccccc3)cc2)CCN(F)CC1. The molecule has 29 heavy (non-hydrogen) atoms. The second-order valence-corrected chi connectivity index (χ2v) is 8.07. The summed E-state index contributed by atoms with van der Waals surface area (Å²) in [6.45, 7) is 6.97. The van der Waals surface area contributed by atoms with E-state index in [0.29, 0.717) is 25.9 Å². The zero-order valence-electron chi connectivity index (χ0n) is 17.3. The number of carbonyl (C=O) groups is 1. The number of halogens is 1. The highest BCUT2D eigenvalue weighted by molar-refractivity contribution is 5.37. The van der Waals surface area contributed by atoms with E-state index in [1.807, 2.05) is 75.4 Å². The molecule has 0 amide bonds. The summed E-state index contributed by atoms with van der Waals surface area (Å²) >= 11 is 0. The quantitative estimate of drug-likeness (QED) is 0.593. The second-order valence-electron chi connectivity index (χ2n) is 8.07. The number of aliphatic hydroxyl groups is 1. The minimum Gasteiger partial charge on any atom is -0.489 e. The van der Waals surface area contributed by atoms with Crippen molar-refractivity contribution in [1.82, 2.24) is 5.12 Å². The summed E-state index contributed by atoms with van der Waals surface area (Å²) in [6.07, 6.45) is 0.821. The molecule has 2 aromatic rings. The first-order valence-corrected chi connectivity index (χ1v) is 9.74. The van der Waals surface area contributed by atoms with Gasteiger partial charge in [0, 0.05) is 13.1 Å². The number of hydrogen-bond donors (Lipinski definition) is 1. The Balaban J connectivity index is 0.000000370. The monoisotopic (exact) mass is 403 g/mol. The molecule has 0 bridgehead atoms. The molecule has 1 aliphatic heterocycles. The van der Waals surface area contributed by atoms with Crippen LogP contribution in [0.4, 0.5) is 4.48 Å². The van der Waals surface area contributed by atoms with Crippen molar-refractivity contribution < 1.29 is 23.9 Å². The van der Waals surface area contributed by atoms with Crippen molar-refractivity contribution in [2.24, 2.45) is 0 Å². The normalized spacial score (nSPS) is 16.3. The van der Waals surface area contributed by atoms with Crippen LogP contribution in [0.5, 0.6) is 5.75 Å². The molecular weight excluding hydrogens is 373 g/mol. The Labute approximate surface area is 172 Å². The highest BCUT2D eigenvalue weighted by Gasteiger charge is 2.34.